The Balaban J connectivity index is 1.36. The summed E-state index contributed by atoms with van der Waals surface area (Å²) in [4.78, 5) is 25.7. The van der Waals surface area contributed by atoms with Crippen molar-refractivity contribution in [3.63, 3.8) is 0 Å². The summed E-state index contributed by atoms with van der Waals surface area (Å²) in [5.41, 5.74) is 2.35. The van der Waals surface area contributed by atoms with Crippen LogP contribution in [-0.2, 0) is 35.0 Å². The first-order valence-corrected chi connectivity index (χ1v) is 13.7. The van der Waals surface area contributed by atoms with E-state index in [1.807, 2.05) is 18.2 Å². The number of benzene rings is 1. The van der Waals surface area contributed by atoms with Crippen molar-refractivity contribution in [1.29, 1.82) is 0 Å². The lowest BCUT2D eigenvalue weighted by atomic mass is 9.80. The van der Waals surface area contributed by atoms with E-state index in [4.69, 9.17) is 18.9 Å². The summed E-state index contributed by atoms with van der Waals surface area (Å²) in [5.74, 6) is -2.36. The molecule has 2 saturated heterocycles. The van der Waals surface area contributed by atoms with Crippen molar-refractivity contribution >= 4 is 11.9 Å². The van der Waals surface area contributed by atoms with Crippen LogP contribution in [-0.4, -0.2) is 93.1 Å². The lowest BCUT2D eigenvalue weighted by Crippen LogP contribution is -2.59. The van der Waals surface area contributed by atoms with Gasteiger partial charge in [-0.05, 0) is 24.0 Å². The molecule has 3 fully saturated rings. The summed E-state index contributed by atoms with van der Waals surface area (Å²) >= 11 is 0. The largest absolute Gasteiger partial charge is 0.466 e. The van der Waals surface area contributed by atoms with Crippen LogP contribution in [0.5, 0.6) is 0 Å². The summed E-state index contributed by atoms with van der Waals surface area (Å²) in [5, 5.41) is 50.8. The van der Waals surface area contributed by atoms with Crippen molar-refractivity contribution in [2.75, 3.05) is 6.61 Å². The van der Waals surface area contributed by atoms with E-state index in [0.717, 1.165) is 11.1 Å². The van der Waals surface area contributed by atoms with Gasteiger partial charge < -0.3 is 44.5 Å². The minimum absolute atomic E-state index is 0.0730. The van der Waals surface area contributed by atoms with E-state index in [-0.39, 0.29) is 24.3 Å². The Labute approximate surface area is 237 Å². The average molecular weight is 573 g/mol. The minimum Gasteiger partial charge on any atom is -0.466 e. The maximum atomic E-state index is 12.9. The van der Waals surface area contributed by atoms with Gasteiger partial charge in [-0.25, -0.2) is 9.59 Å². The third-order valence-electron chi connectivity index (χ3n) is 8.70. The standard InChI is InChI=1S/C30H36O11/c1-13-9-20(38-29(37)18(32)10-16-7-5-4-6-8-16)23-15(3)28(36)41-27(23)22-14(2)19(11-17(13)22)39-30-26(35)25(34)24(33)21(12-31)40-30/h4-8,17-18,20-27,30-35H,1,3,9-12H2,2H3/t17-,18?,20+,21+,22-,23+,24+,25-,26+,27+,30+/m0/s1. The molecule has 11 atom stereocenters. The first-order valence-electron chi connectivity index (χ1n) is 13.7. The average Bonchev–Trinajstić information content (AvgIpc) is 3.39. The van der Waals surface area contributed by atoms with Crippen LogP contribution in [0.15, 0.2) is 66.0 Å². The Kier molecular flexibility index (Phi) is 8.38. The molecule has 41 heavy (non-hydrogen) atoms. The number of allylic oxidation sites excluding steroid dienone is 1. The van der Waals surface area contributed by atoms with E-state index >= 15 is 0 Å². The summed E-state index contributed by atoms with van der Waals surface area (Å²) in [7, 11) is 0. The predicted octanol–water partition coefficient (Wildman–Crippen LogP) is 0.286. The topological polar surface area (TPSA) is 172 Å². The van der Waals surface area contributed by atoms with Gasteiger partial charge in [0.15, 0.2) is 6.10 Å². The number of aliphatic hydroxyl groups excluding tert-OH is 5. The second kappa shape index (κ2) is 11.7. The summed E-state index contributed by atoms with van der Waals surface area (Å²) in [6.07, 6.45) is -9.60. The molecule has 0 radical (unpaired) electrons. The second-order valence-corrected chi connectivity index (χ2v) is 11.2. The third-order valence-corrected chi connectivity index (χ3v) is 8.70. The number of carbonyl (C=O) groups excluding carboxylic acids is 2. The number of hydrogen-bond donors (Lipinski definition) is 5. The fourth-order valence-electron chi connectivity index (χ4n) is 6.43. The van der Waals surface area contributed by atoms with Gasteiger partial charge in [-0.1, -0.05) is 49.1 Å². The molecule has 2 aliphatic carbocycles. The van der Waals surface area contributed by atoms with E-state index in [0.29, 0.717) is 17.8 Å². The number of aliphatic hydroxyl groups is 5. The van der Waals surface area contributed by atoms with Gasteiger partial charge in [-0.2, -0.15) is 0 Å². The fraction of sp³-hybridized carbons (Fsp3) is 0.533. The Morgan fingerprint density at radius 1 is 1.07 bits per heavy atom. The zero-order valence-electron chi connectivity index (χ0n) is 22.7. The molecular weight excluding hydrogens is 536 g/mol. The molecule has 0 amide bonds. The van der Waals surface area contributed by atoms with Crippen molar-refractivity contribution in [3.8, 4) is 0 Å². The van der Waals surface area contributed by atoms with Crippen LogP contribution < -0.4 is 0 Å². The molecule has 1 unspecified atom stereocenters. The van der Waals surface area contributed by atoms with Crippen molar-refractivity contribution in [2.24, 2.45) is 17.8 Å². The number of hydrogen-bond acceptors (Lipinski definition) is 11. The lowest BCUT2D eigenvalue weighted by Gasteiger charge is -2.40. The maximum absolute atomic E-state index is 12.9. The van der Waals surface area contributed by atoms with Crippen LogP contribution in [0, 0.1) is 17.8 Å². The van der Waals surface area contributed by atoms with Crippen LogP contribution in [0.25, 0.3) is 0 Å². The molecule has 222 valence electrons. The molecule has 11 heteroatoms. The molecule has 5 rings (SSSR count). The minimum atomic E-state index is -1.59. The summed E-state index contributed by atoms with van der Waals surface area (Å²) in [6.45, 7) is 9.36. The van der Waals surface area contributed by atoms with Crippen LogP contribution >= 0.6 is 0 Å². The monoisotopic (exact) mass is 572 g/mol. The van der Waals surface area contributed by atoms with Gasteiger partial charge in [0.2, 0.25) is 6.29 Å². The van der Waals surface area contributed by atoms with Crippen molar-refractivity contribution in [1.82, 2.24) is 0 Å². The van der Waals surface area contributed by atoms with E-state index in [2.05, 4.69) is 13.2 Å². The Hall–Kier alpha value is -3.06. The van der Waals surface area contributed by atoms with E-state index in [9.17, 15) is 35.1 Å². The molecule has 0 bridgehead atoms. The molecule has 1 aromatic carbocycles. The predicted molar refractivity (Wildman–Crippen MR) is 141 cm³/mol. The fourth-order valence-corrected chi connectivity index (χ4v) is 6.43. The van der Waals surface area contributed by atoms with Gasteiger partial charge in [0.25, 0.3) is 0 Å². The number of ether oxygens (including phenoxy) is 4. The molecule has 1 saturated carbocycles. The molecule has 1 aromatic rings. The summed E-state index contributed by atoms with van der Waals surface area (Å²) < 4.78 is 23.1. The Bertz CT molecular complexity index is 1220. The second-order valence-electron chi connectivity index (χ2n) is 11.2. The molecule has 2 heterocycles. The number of esters is 2. The van der Waals surface area contributed by atoms with E-state index in [1.54, 1.807) is 19.1 Å². The Morgan fingerprint density at radius 3 is 2.46 bits per heavy atom. The first-order chi connectivity index (χ1) is 19.5. The van der Waals surface area contributed by atoms with Gasteiger partial charge >= 0.3 is 11.9 Å². The SMILES string of the molecule is C=C1C(=O)O[C@@H]2[C@H]3C(C)=C(O[C@@H]4O[C@H](CO)[C@@H](O)[C@H](O)[C@H]4O)C[C@H]3C(=C)C[C@@H](OC(=O)C(O)Cc3ccccc3)[C@@H]12. The number of fused-ring (bicyclic) bond motifs is 3. The van der Waals surface area contributed by atoms with Crippen LogP contribution in [0.1, 0.15) is 25.3 Å². The van der Waals surface area contributed by atoms with Crippen molar-refractivity contribution in [3.05, 3.63) is 71.5 Å². The highest BCUT2D eigenvalue weighted by Crippen LogP contribution is 2.53. The maximum Gasteiger partial charge on any atom is 0.335 e. The first kappa shape index (κ1) is 29.4. The van der Waals surface area contributed by atoms with Crippen LogP contribution in [0.2, 0.25) is 0 Å². The van der Waals surface area contributed by atoms with E-state index in [1.165, 1.54) is 0 Å². The molecule has 5 N–H and O–H groups in total. The van der Waals surface area contributed by atoms with Crippen LogP contribution in [0.3, 0.4) is 0 Å². The van der Waals surface area contributed by atoms with Gasteiger partial charge in [0, 0.05) is 30.8 Å². The Morgan fingerprint density at radius 2 is 1.78 bits per heavy atom. The van der Waals surface area contributed by atoms with Crippen molar-refractivity contribution in [2.45, 2.75) is 75.2 Å². The lowest BCUT2D eigenvalue weighted by molar-refractivity contribution is -0.292. The molecule has 0 spiro atoms. The summed E-state index contributed by atoms with van der Waals surface area (Å²) in [6, 6.07) is 9.05. The highest BCUT2D eigenvalue weighted by Gasteiger charge is 2.56. The van der Waals surface area contributed by atoms with Gasteiger partial charge in [-0.3, -0.25) is 0 Å². The van der Waals surface area contributed by atoms with Gasteiger partial charge in [0.05, 0.1) is 18.3 Å². The van der Waals surface area contributed by atoms with Gasteiger partial charge in [-0.15, -0.1) is 0 Å². The quantitative estimate of drug-likeness (QED) is 0.173. The number of carbonyl (C=O) groups is 2. The van der Waals surface area contributed by atoms with Gasteiger partial charge in [0.1, 0.15) is 36.6 Å². The smallest absolute Gasteiger partial charge is 0.335 e. The zero-order valence-corrected chi connectivity index (χ0v) is 22.7. The normalized spacial score (nSPS) is 37.7. The zero-order chi connectivity index (χ0) is 29.6. The highest BCUT2D eigenvalue weighted by molar-refractivity contribution is 5.91. The molecule has 2 aliphatic heterocycles. The van der Waals surface area contributed by atoms with E-state index < -0.39 is 79.4 Å². The molecule has 0 aromatic heterocycles. The molecule has 4 aliphatic rings. The molecular formula is C30H36O11. The highest BCUT2D eigenvalue weighted by atomic mass is 16.7. The molecule has 11 nitrogen and oxygen atoms in total. The third kappa shape index (κ3) is 5.45. The number of rotatable bonds is 7. The van der Waals surface area contributed by atoms with Crippen molar-refractivity contribution < 1.29 is 54.1 Å². The van der Waals surface area contributed by atoms with Crippen LogP contribution in [0.4, 0.5) is 0 Å².